The summed E-state index contributed by atoms with van der Waals surface area (Å²) in [5.74, 6) is 0.838. The first-order valence-electron chi connectivity index (χ1n) is 10.9. The van der Waals surface area contributed by atoms with Gasteiger partial charge in [0.2, 0.25) is 5.78 Å². The van der Waals surface area contributed by atoms with Gasteiger partial charge in [0.15, 0.2) is 5.76 Å². The van der Waals surface area contributed by atoms with Crippen molar-refractivity contribution in [2.45, 2.75) is 27.2 Å². The number of halogens is 2. The summed E-state index contributed by atoms with van der Waals surface area (Å²) in [7, 11) is 0. The highest BCUT2D eigenvalue weighted by atomic mass is 127. The summed E-state index contributed by atoms with van der Waals surface area (Å²) in [6.07, 6.45) is -0.0178. The van der Waals surface area contributed by atoms with Crippen LogP contribution in [0.25, 0.3) is 10.8 Å². The van der Waals surface area contributed by atoms with E-state index in [1.165, 1.54) is 0 Å². The molecule has 0 saturated heterocycles. The van der Waals surface area contributed by atoms with Crippen molar-refractivity contribution in [1.29, 1.82) is 0 Å². The fourth-order valence-electron chi connectivity index (χ4n) is 3.58. The number of hydrogen-bond acceptors (Lipinski definition) is 6. The lowest BCUT2D eigenvalue weighted by Crippen LogP contribution is -2.28. The fraction of sp³-hybridized carbons (Fsp3) is 0.360. The van der Waals surface area contributed by atoms with Crippen LogP contribution in [0.4, 0.5) is 0 Å². The number of hydrogen-bond donors (Lipinski definition) is 0. The van der Waals surface area contributed by atoms with E-state index >= 15 is 0 Å². The quantitative estimate of drug-likeness (QED) is 0.148. The molecular formula is C25H27I2NO5. The number of rotatable bonds is 11. The highest BCUT2D eigenvalue weighted by Crippen LogP contribution is 2.33. The summed E-state index contributed by atoms with van der Waals surface area (Å²) in [4.78, 5) is 27.7. The molecule has 0 aliphatic heterocycles. The summed E-state index contributed by atoms with van der Waals surface area (Å²) < 4.78 is 18.8. The van der Waals surface area contributed by atoms with Gasteiger partial charge in [-0.2, -0.15) is 0 Å². The second kappa shape index (κ2) is 12.2. The average Bonchev–Trinajstić information content (AvgIpc) is 3.16. The SMILES string of the molecule is CCOC(=O)Cc1oc(C(=O)c2cc(I)c(OCCN(CC)CC)c(I)c2)c2ccccc12. The second-order valence-electron chi connectivity index (χ2n) is 7.36. The van der Waals surface area contributed by atoms with E-state index in [0.29, 0.717) is 29.9 Å². The molecule has 2 aromatic carbocycles. The van der Waals surface area contributed by atoms with Gasteiger partial charge in [-0.05, 0) is 77.3 Å². The normalized spacial score (nSPS) is 11.2. The second-order valence-corrected chi connectivity index (χ2v) is 9.68. The zero-order chi connectivity index (χ0) is 24.0. The third-order valence-corrected chi connectivity index (χ3v) is 6.93. The van der Waals surface area contributed by atoms with E-state index in [9.17, 15) is 9.59 Å². The first kappa shape index (κ1) is 26.0. The Balaban J connectivity index is 1.87. The number of carbonyl (C=O) groups excluding carboxylic acids is 2. The fourth-order valence-corrected chi connectivity index (χ4v) is 5.66. The maximum atomic E-state index is 13.4. The number of carbonyl (C=O) groups is 2. The van der Waals surface area contributed by atoms with Crippen LogP contribution in [0.1, 0.15) is 42.6 Å². The van der Waals surface area contributed by atoms with Crippen LogP contribution in [0, 0.1) is 7.14 Å². The van der Waals surface area contributed by atoms with E-state index < -0.39 is 0 Å². The molecule has 0 atom stereocenters. The lowest BCUT2D eigenvalue weighted by atomic mass is 10.0. The molecule has 0 unspecified atom stereocenters. The number of ketones is 1. The van der Waals surface area contributed by atoms with Crippen molar-refractivity contribution in [3.63, 3.8) is 0 Å². The van der Waals surface area contributed by atoms with Crippen molar-refractivity contribution in [2.24, 2.45) is 0 Å². The first-order valence-corrected chi connectivity index (χ1v) is 13.1. The molecule has 0 fully saturated rings. The Morgan fingerprint density at radius 2 is 1.64 bits per heavy atom. The number of nitrogens with zero attached hydrogens (tertiary/aromatic N) is 1. The minimum Gasteiger partial charge on any atom is -0.490 e. The van der Waals surface area contributed by atoms with E-state index in [0.717, 1.165) is 37.9 Å². The van der Waals surface area contributed by atoms with Gasteiger partial charge in [-0.3, -0.25) is 9.59 Å². The van der Waals surface area contributed by atoms with Gasteiger partial charge in [-0.25, -0.2) is 0 Å². The first-order chi connectivity index (χ1) is 15.9. The van der Waals surface area contributed by atoms with Gasteiger partial charge in [-0.1, -0.05) is 38.1 Å². The monoisotopic (exact) mass is 675 g/mol. The van der Waals surface area contributed by atoms with Gasteiger partial charge in [0.25, 0.3) is 0 Å². The molecule has 0 amide bonds. The van der Waals surface area contributed by atoms with Gasteiger partial charge >= 0.3 is 5.97 Å². The van der Waals surface area contributed by atoms with E-state index in [1.54, 1.807) is 6.92 Å². The Hall–Kier alpha value is -1.66. The number of esters is 1. The van der Waals surface area contributed by atoms with E-state index in [4.69, 9.17) is 13.9 Å². The van der Waals surface area contributed by atoms with Crippen molar-refractivity contribution < 1.29 is 23.5 Å². The van der Waals surface area contributed by atoms with Crippen molar-refractivity contribution in [3.05, 3.63) is 60.6 Å². The summed E-state index contributed by atoms with van der Waals surface area (Å²) in [5, 5.41) is 1.43. The van der Waals surface area contributed by atoms with E-state index in [2.05, 4.69) is 63.9 Å². The largest absolute Gasteiger partial charge is 0.490 e. The summed E-state index contributed by atoms with van der Waals surface area (Å²) in [5.41, 5.74) is 0.516. The van der Waals surface area contributed by atoms with Crippen LogP contribution in [-0.2, 0) is 16.0 Å². The average molecular weight is 675 g/mol. The number of furan rings is 1. The van der Waals surface area contributed by atoms with Crippen LogP contribution in [0.5, 0.6) is 5.75 Å². The Bertz CT molecular complexity index is 1110. The molecule has 6 nitrogen and oxygen atoms in total. The summed E-state index contributed by atoms with van der Waals surface area (Å²) >= 11 is 4.40. The minimum atomic E-state index is -0.383. The molecule has 3 rings (SSSR count). The summed E-state index contributed by atoms with van der Waals surface area (Å²) in [6, 6.07) is 11.0. The van der Waals surface area contributed by atoms with Gasteiger partial charge in [0, 0.05) is 22.9 Å². The Morgan fingerprint density at radius 3 is 2.24 bits per heavy atom. The molecule has 0 aliphatic rings. The van der Waals surface area contributed by atoms with E-state index in [1.807, 2.05) is 36.4 Å². The van der Waals surface area contributed by atoms with Crippen LogP contribution in [0.15, 0.2) is 40.8 Å². The molecule has 176 valence electrons. The molecule has 1 heterocycles. The van der Waals surface area contributed by atoms with Gasteiger partial charge < -0.3 is 18.8 Å². The molecular weight excluding hydrogens is 648 g/mol. The molecule has 8 heteroatoms. The number of fused-ring (bicyclic) bond motifs is 1. The highest BCUT2D eigenvalue weighted by molar-refractivity contribution is 14.1. The van der Waals surface area contributed by atoms with Crippen LogP contribution in [-0.4, -0.2) is 49.5 Å². The Morgan fingerprint density at radius 1 is 1.00 bits per heavy atom. The standard InChI is InChI=1S/C25H27I2NO5/c1-4-28(5-2)11-12-32-25-19(26)13-16(14-20(25)27)23(30)24-18-10-8-7-9-17(18)21(33-24)15-22(29)31-6-3/h7-10,13-14H,4-6,11-12,15H2,1-3H3. The topological polar surface area (TPSA) is 69.0 Å². The maximum Gasteiger partial charge on any atom is 0.313 e. The van der Waals surface area contributed by atoms with Crippen LogP contribution >= 0.6 is 45.2 Å². The zero-order valence-electron chi connectivity index (χ0n) is 19.0. The Labute approximate surface area is 221 Å². The van der Waals surface area contributed by atoms with Crippen molar-refractivity contribution >= 4 is 67.7 Å². The van der Waals surface area contributed by atoms with Crippen LogP contribution < -0.4 is 4.74 Å². The third-order valence-electron chi connectivity index (χ3n) is 5.32. The highest BCUT2D eigenvalue weighted by Gasteiger charge is 2.23. The molecule has 0 radical (unpaired) electrons. The summed E-state index contributed by atoms with van der Waals surface area (Å²) in [6.45, 7) is 9.72. The molecule has 0 saturated carbocycles. The number of likely N-dealkylation sites (N-methyl/N-ethyl adjacent to an activating group) is 1. The molecule has 0 N–H and O–H groups in total. The predicted octanol–water partition coefficient (Wildman–Crippen LogP) is 5.70. The third kappa shape index (κ3) is 6.27. The lowest BCUT2D eigenvalue weighted by molar-refractivity contribution is -0.142. The minimum absolute atomic E-state index is 0.0178. The lowest BCUT2D eigenvalue weighted by Gasteiger charge is -2.19. The predicted molar refractivity (Wildman–Crippen MR) is 145 cm³/mol. The maximum absolute atomic E-state index is 13.4. The van der Waals surface area contributed by atoms with Crippen molar-refractivity contribution in [3.8, 4) is 5.75 Å². The van der Waals surface area contributed by atoms with Gasteiger partial charge in [-0.15, -0.1) is 0 Å². The van der Waals surface area contributed by atoms with Gasteiger partial charge in [0.1, 0.15) is 24.5 Å². The Kier molecular flexibility index (Phi) is 9.57. The van der Waals surface area contributed by atoms with Crippen molar-refractivity contribution in [2.75, 3.05) is 32.8 Å². The molecule has 3 aromatic rings. The zero-order valence-corrected chi connectivity index (χ0v) is 23.3. The van der Waals surface area contributed by atoms with E-state index in [-0.39, 0.29) is 23.9 Å². The molecule has 0 spiro atoms. The molecule has 1 aromatic heterocycles. The smallest absolute Gasteiger partial charge is 0.313 e. The van der Waals surface area contributed by atoms with Crippen LogP contribution in [0.3, 0.4) is 0 Å². The number of benzene rings is 2. The van der Waals surface area contributed by atoms with Crippen LogP contribution in [0.2, 0.25) is 0 Å². The van der Waals surface area contributed by atoms with Crippen molar-refractivity contribution in [1.82, 2.24) is 4.90 Å². The molecule has 0 bridgehead atoms. The number of ether oxygens (including phenoxy) is 2. The molecule has 0 aliphatic carbocycles. The molecule has 33 heavy (non-hydrogen) atoms. The van der Waals surface area contributed by atoms with Gasteiger partial charge in [0.05, 0.1) is 13.7 Å².